The summed E-state index contributed by atoms with van der Waals surface area (Å²) in [5.74, 6) is 1.64. The molecule has 1 aromatic rings. The summed E-state index contributed by atoms with van der Waals surface area (Å²) >= 11 is 0. The van der Waals surface area contributed by atoms with Gasteiger partial charge in [-0.2, -0.15) is 0 Å². The van der Waals surface area contributed by atoms with E-state index in [4.69, 9.17) is 4.74 Å². The molecule has 4 heteroatoms. The average molecular weight is 286 g/mol. The normalized spacial score (nSPS) is 33.9. The van der Waals surface area contributed by atoms with E-state index in [1.807, 2.05) is 18.2 Å². The Hall–Kier alpha value is -1.55. The van der Waals surface area contributed by atoms with Crippen LogP contribution < -0.4 is 15.4 Å². The van der Waals surface area contributed by atoms with E-state index in [1.54, 1.807) is 0 Å². The Balaban J connectivity index is 1.54. The molecule has 1 aliphatic carbocycles. The first-order valence-electron chi connectivity index (χ1n) is 8.03. The zero-order chi connectivity index (χ0) is 14.3. The lowest BCUT2D eigenvalue weighted by Gasteiger charge is -2.37. The van der Waals surface area contributed by atoms with Crippen molar-refractivity contribution in [3.63, 3.8) is 0 Å². The lowest BCUT2D eigenvalue weighted by molar-refractivity contribution is -0.134. The number of ether oxygens (including phenoxy) is 1. The molecule has 4 rings (SSSR count). The van der Waals surface area contributed by atoms with Crippen molar-refractivity contribution in [1.82, 2.24) is 10.6 Å². The van der Waals surface area contributed by atoms with Gasteiger partial charge in [-0.1, -0.05) is 31.0 Å². The fraction of sp³-hybridized carbons (Fsp3) is 0.588. The number of carbonyl (C=O) groups is 1. The molecule has 1 amide bonds. The molecule has 3 aliphatic rings. The molecular formula is C17H22N2O2. The number of hydrogen-bond donors (Lipinski definition) is 2. The first-order valence-corrected chi connectivity index (χ1v) is 8.03. The van der Waals surface area contributed by atoms with Crippen molar-refractivity contribution in [2.24, 2.45) is 11.3 Å². The van der Waals surface area contributed by atoms with Crippen molar-refractivity contribution in [3.05, 3.63) is 29.8 Å². The largest absolute Gasteiger partial charge is 0.491 e. The van der Waals surface area contributed by atoms with Crippen LogP contribution in [0.15, 0.2) is 24.3 Å². The number of hydrogen-bond acceptors (Lipinski definition) is 3. The number of nitrogens with one attached hydrogen (secondary N) is 2. The quantitative estimate of drug-likeness (QED) is 0.874. The predicted octanol–water partition coefficient (Wildman–Crippen LogP) is 2.02. The number of benzene rings is 1. The number of carbonyl (C=O) groups excluding carboxylic acids is 1. The third kappa shape index (κ3) is 2.04. The summed E-state index contributed by atoms with van der Waals surface area (Å²) in [5.41, 5.74) is 0.927. The highest BCUT2D eigenvalue weighted by Crippen LogP contribution is 2.44. The van der Waals surface area contributed by atoms with E-state index in [0.717, 1.165) is 30.8 Å². The molecule has 0 bridgehead atoms. The molecule has 3 atom stereocenters. The molecule has 0 aromatic heterocycles. The van der Waals surface area contributed by atoms with Crippen molar-refractivity contribution >= 4 is 5.91 Å². The van der Waals surface area contributed by atoms with Gasteiger partial charge in [0.2, 0.25) is 5.91 Å². The topological polar surface area (TPSA) is 50.4 Å². The zero-order valence-corrected chi connectivity index (χ0v) is 12.2. The van der Waals surface area contributed by atoms with Gasteiger partial charge >= 0.3 is 0 Å². The number of fused-ring (bicyclic) bond motifs is 2. The SMILES string of the molecule is O=C(NC1COc2ccccc21)[C@@]12CCCC[C@H]1CNC2. The molecule has 1 aromatic carbocycles. The van der Waals surface area contributed by atoms with E-state index in [2.05, 4.69) is 16.7 Å². The third-order valence-electron chi connectivity index (χ3n) is 5.50. The maximum atomic E-state index is 13.0. The second kappa shape index (κ2) is 5.02. The summed E-state index contributed by atoms with van der Waals surface area (Å²) in [6.07, 6.45) is 4.63. The van der Waals surface area contributed by atoms with Gasteiger partial charge in [-0.05, 0) is 31.4 Å². The molecule has 1 saturated carbocycles. The van der Waals surface area contributed by atoms with Crippen LogP contribution in [0.5, 0.6) is 5.75 Å². The second-order valence-corrected chi connectivity index (χ2v) is 6.60. The first kappa shape index (κ1) is 13.1. The smallest absolute Gasteiger partial charge is 0.228 e. The van der Waals surface area contributed by atoms with Gasteiger partial charge in [-0.3, -0.25) is 4.79 Å². The van der Waals surface area contributed by atoms with Crippen LogP contribution in [0.1, 0.15) is 37.3 Å². The van der Waals surface area contributed by atoms with Crippen LogP contribution in [0.3, 0.4) is 0 Å². The molecular weight excluding hydrogens is 264 g/mol. The van der Waals surface area contributed by atoms with Crippen LogP contribution in [-0.2, 0) is 4.79 Å². The summed E-state index contributed by atoms with van der Waals surface area (Å²) in [7, 11) is 0. The second-order valence-electron chi connectivity index (χ2n) is 6.60. The van der Waals surface area contributed by atoms with Crippen LogP contribution in [0.2, 0.25) is 0 Å². The van der Waals surface area contributed by atoms with Gasteiger partial charge in [0.05, 0.1) is 11.5 Å². The predicted molar refractivity (Wildman–Crippen MR) is 80.1 cm³/mol. The van der Waals surface area contributed by atoms with Crippen LogP contribution in [0.25, 0.3) is 0 Å². The van der Waals surface area contributed by atoms with Crippen LogP contribution in [0, 0.1) is 11.3 Å². The lowest BCUT2D eigenvalue weighted by atomic mass is 9.67. The van der Waals surface area contributed by atoms with Gasteiger partial charge < -0.3 is 15.4 Å². The minimum absolute atomic E-state index is 0.00579. The van der Waals surface area contributed by atoms with E-state index in [0.29, 0.717) is 12.5 Å². The van der Waals surface area contributed by atoms with E-state index in [9.17, 15) is 4.79 Å². The number of rotatable bonds is 2. The van der Waals surface area contributed by atoms with E-state index in [-0.39, 0.29) is 17.4 Å². The van der Waals surface area contributed by atoms with Crippen LogP contribution >= 0.6 is 0 Å². The summed E-state index contributed by atoms with van der Waals surface area (Å²) in [5, 5.41) is 6.70. The fourth-order valence-corrected chi connectivity index (χ4v) is 4.27. The Morgan fingerprint density at radius 2 is 2.24 bits per heavy atom. The van der Waals surface area contributed by atoms with Crippen molar-refractivity contribution in [2.75, 3.05) is 19.7 Å². The molecule has 2 N–H and O–H groups in total. The molecule has 2 fully saturated rings. The summed E-state index contributed by atoms with van der Waals surface area (Å²) in [6.45, 7) is 2.38. The Labute approximate surface area is 125 Å². The summed E-state index contributed by atoms with van der Waals surface area (Å²) in [4.78, 5) is 13.0. The Morgan fingerprint density at radius 3 is 3.19 bits per heavy atom. The van der Waals surface area contributed by atoms with Gasteiger partial charge in [0.1, 0.15) is 12.4 Å². The summed E-state index contributed by atoms with van der Waals surface area (Å²) < 4.78 is 5.68. The van der Waals surface area contributed by atoms with Gasteiger partial charge in [0.25, 0.3) is 0 Å². The molecule has 0 radical (unpaired) electrons. The molecule has 2 heterocycles. The molecule has 1 unspecified atom stereocenters. The van der Waals surface area contributed by atoms with Gasteiger partial charge in [-0.15, -0.1) is 0 Å². The fourth-order valence-electron chi connectivity index (χ4n) is 4.27. The monoisotopic (exact) mass is 286 g/mol. The van der Waals surface area contributed by atoms with E-state index >= 15 is 0 Å². The molecule has 0 spiro atoms. The standard InChI is InChI=1S/C17H22N2O2/c20-16(17-8-4-3-5-12(17)9-18-11-17)19-14-10-21-15-7-2-1-6-13(14)15/h1-2,6-7,12,14,18H,3-5,8-11H2,(H,19,20)/t12-,14?,17+/m0/s1. The minimum Gasteiger partial charge on any atom is -0.491 e. The highest BCUT2D eigenvalue weighted by atomic mass is 16.5. The van der Waals surface area contributed by atoms with Crippen LogP contribution in [0.4, 0.5) is 0 Å². The Bertz CT molecular complexity index is 559. The molecule has 1 saturated heterocycles. The zero-order valence-electron chi connectivity index (χ0n) is 12.2. The minimum atomic E-state index is -0.185. The summed E-state index contributed by atoms with van der Waals surface area (Å²) in [6, 6.07) is 8.01. The third-order valence-corrected chi connectivity index (χ3v) is 5.50. The Kier molecular flexibility index (Phi) is 3.14. The molecule has 21 heavy (non-hydrogen) atoms. The lowest BCUT2D eigenvalue weighted by Crippen LogP contribution is -2.49. The number of amides is 1. The highest BCUT2D eigenvalue weighted by molar-refractivity contribution is 5.84. The van der Waals surface area contributed by atoms with Gasteiger partial charge in [-0.25, -0.2) is 0 Å². The van der Waals surface area contributed by atoms with Crippen molar-refractivity contribution in [1.29, 1.82) is 0 Å². The van der Waals surface area contributed by atoms with Crippen molar-refractivity contribution < 1.29 is 9.53 Å². The maximum Gasteiger partial charge on any atom is 0.228 e. The van der Waals surface area contributed by atoms with Gasteiger partial charge in [0, 0.05) is 12.1 Å². The molecule has 112 valence electrons. The van der Waals surface area contributed by atoms with Crippen molar-refractivity contribution in [3.8, 4) is 5.75 Å². The van der Waals surface area contributed by atoms with E-state index < -0.39 is 0 Å². The van der Waals surface area contributed by atoms with Crippen LogP contribution in [-0.4, -0.2) is 25.6 Å². The average Bonchev–Trinajstić information content (AvgIpc) is 3.12. The maximum absolute atomic E-state index is 13.0. The highest BCUT2D eigenvalue weighted by Gasteiger charge is 2.50. The van der Waals surface area contributed by atoms with Crippen molar-refractivity contribution in [2.45, 2.75) is 31.7 Å². The number of para-hydroxylation sites is 1. The first-order chi connectivity index (χ1) is 10.3. The molecule has 4 nitrogen and oxygen atoms in total. The Morgan fingerprint density at radius 1 is 1.33 bits per heavy atom. The van der Waals surface area contributed by atoms with Gasteiger partial charge in [0.15, 0.2) is 0 Å². The molecule has 2 aliphatic heterocycles. The van der Waals surface area contributed by atoms with E-state index in [1.165, 1.54) is 19.3 Å².